The largest absolute Gasteiger partial charge is 0.497 e. The number of benzene rings is 1. The molecule has 2 unspecified atom stereocenters. The van der Waals surface area contributed by atoms with E-state index in [1.54, 1.807) is 14.2 Å². The van der Waals surface area contributed by atoms with Gasteiger partial charge in [-0.05, 0) is 32.4 Å². The highest BCUT2D eigenvalue weighted by molar-refractivity contribution is 5.82. The smallest absolute Gasteiger partial charge is 0.192 e. The molecule has 5 nitrogen and oxygen atoms in total. The lowest BCUT2D eigenvalue weighted by molar-refractivity contribution is 0.167. The monoisotopic (exact) mass is 291 g/mol. The molecule has 1 heterocycles. The Labute approximate surface area is 126 Å². The summed E-state index contributed by atoms with van der Waals surface area (Å²) in [7, 11) is 3.33. The molecule has 0 amide bonds. The van der Waals surface area contributed by atoms with Crippen LogP contribution in [0.2, 0.25) is 0 Å². The van der Waals surface area contributed by atoms with Gasteiger partial charge in [-0.1, -0.05) is 6.92 Å². The maximum Gasteiger partial charge on any atom is 0.192 e. The number of rotatable bonds is 5. The van der Waals surface area contributed by atoms with E-state index in [4.69, 9.17) is 15.2 Å². The van der Waals surface area contributed by atoms with Gasteiger partial charge in [-0.2, -0.15) is 0 Å². The summed E-state index contributed by atoms with van der Waals surface area (Å²) in [4.78, 5) is 6.66. The highest BCUT2D eigenvalue weighted by Crippen LogP contribution is 2.40. The van der Waals surface area contributed by atoms with Crippen LogP contribution in [0, 0.1) is 0 Å². The van der Waals surface area contributed by atoms with Gasteiger partial charge in [0.05, 0.1) is 26.3 Å². The van der Waals surface area contributed by atoms with Crippen molar-refractivity contribution in [1.29, 1.82) is 0 Å². The van der Waals surface area contributed by atoms with Gasteiger partial charge in [-0.15, -0.1) is 0 Å². The Kier molecular flexibility index (Phi) is 4.30. The molecule has 0 bridgehead atoms. The Morgan fingerprint density at radius 2 is 2.10 bits per heavy atom. The first-order valence-corrected chi connectivity index (χ1v) is 7.29. The molecule has 1 aromatic carbocycles. The van der Waals surface area contributed by atoms with Crippen molar-refractivity contribution in [3.05, 3.63) is 23.8 Å². The summed E-state index contributed by atoms with van der Waals surface area (Å²) in [6, 6.07) is 6.21. The Hall–Kier alpha value is -1.91. The van der Waals surface area contributed by atoms with Crippen LogP contribution in [-0.4, -0.2) is 37.7 Å². The van der Waals surface area contributed by atoms with Gasteiger partial charge >= 0.3 is 0 Å². The predicted octanol–water partition coefficient (Wildman–Crippen LogP) is 2.35. The second-order valence-electron chi connectivity index (χ2n) is 5.64. The van der Waals surface area contributed by atoms with E-state index in [0.29, 0.717) is 18.5 Å². The first-order chi connectivity index (χ1) is 9.97. The first kappa shape index (κ1) is 15.5. The Morgan fingerprint density at radius 1 is 1.38 bits per heavy atom. The SMILES string of the molecule is CCC(C)N1C(N)=NCC1(C)c1ccc(OC)cc1OC. The maximum absolute atomic E-state index is 6.13. The lowest BCUT2D eigenvalue weighted by Crippen LogP contribution is -2.51. The van der Waals surface area contributed by atoms with E-state index in [2.05, 4.69) is 30.7 Å². The Morgan fingerprint density at radius 3 is 2.67 bits per heavy atom. The molecule has 0 spiro atoms. The summed E-state index contributed by atoms with van der Waals surface area (Å²) in [5.74, 6) is 2.18. The van der Waals surface area contributed by atoms with Gasteiger partial charge in [0.15, 0.2) is 5.96 Å². The molecular weight excluding hydrogens is 266 g/mol. The van der Waals surface area contributed by atoms with E-state index in [9.17, 15) is 0 Å². The second kappa shape index (κ2) is 5.84. The molecule has 1 aliphatic heterocycles. The summed E-state index contributed by atoms with van der Waals surface area (Å²) in [5.41, 5.74) is 6.91. The highest BCUT2D eigenvalue weighted by Gasteiger charge is 2.43. The zero-order valence-corrected chi connectivity index (χ0v) is 13.5. The fraction of sp³-hybridized carbons (Fsp3) is 0.562. The fourth-order valence-corrected chi connectivity index (χ4v) is 2.99. The third-order valence-corrected chi connectivity index (χ3v) is 4.35. The van der Waals surface area contributed by atoms with Crippen LogP contribution in [0.25, 0.3) is 0 Å². The van der Waals surface area contributed by atoms with Crippen LogP contribution in [0.1, 0.15) is 32.8 Å². The average Bonchev–Trinajstić information content (AvgIpc) is 2.82. The van der Waals surface area contributed by atoms with Gasteiger partial charge < -0.3 is 20.1 Å². The summed E-state index contributed by atoms with van der Waals surface area (Å²) >= 11 is 0. The first-order valence-electron chi connectivity index (χ1n) is 7.29. The normalized spacial score (nSPS) is 22.9. The molecule has 5 heteroatoms. The Balaban J connectivity index is 2.48. The van der Waals surface area contributed by atoms with E-state index < -0.39 is 0 Å². The maximum atomic E-state index is 6.13. The number of nitrogens with zero attached hydrogens (tertiary/aromatic N) is 2. The van der Waals surface area contributed by atoms with Crippen molar-refractivity contribution < 1.29 is 9.47 Å². The predicted molar refractivity (Wildman–Crippen MR) is 85.0 cm³/mol. The summed E-state index contributed by atoms with van der Waals surface area (Å²) < 4.78 is 10.8. The third kappa shape index (κ3) is 2.52. The molecule has 21 heavy (non-hydrogen) atoms. The molecule has 1 aliphatic rings. The van der Waals surface area contributed by atoms with Crippen LogP contribution in [0.15, 0.2) is 23.2 Å². The van der Waals surface area contributed by atoms with E-state index in [1.165, 1.54) is 0 Å². The number of ether oxygens (including phenoxy) is 2. The van der Waals surface area contributed by atoms with Crippen molar-refractivity contribution in [2.45, 2.75) is 38.8 Å². The summed E-state index contributed by atoms with van der Waals surface area (Å²) in [6.45, 7) is 7.11. The van der Waals surface area contributed by atoms with Crippen molar-refractivity contribution >= 4 is 5.96 Å². The van der Waals surface area contributed by atoms with E-state index in [0.717, 1.165) is 23.5 Å². The number of hydrogen-bond acceptors (Lipinski definition) is 5. The molecule has 0 aromatic heterocycles. The zero-order valence-electron chi connectivity index (χ0n) is 13.5. The molecule has 0 fully saturated rings. The second-order valence-corrected chi connectivity index (χ2v) is 5.64. The quantitative estimate of drug-likeness (QED) is 0.904. The van der Waals surface area contributed by atoms with Gasteiger partial charge in [0.2, 0.25) is 0 Å². The number of aliphatic imine (C=N–C) groups is 1. The number of guanidine groups is 1. The molecule has 0 radical (unpaired) electrons. The molecule has 0 saturated carbocycles. The molecule has 1 aromatic rings. The number of methoxy groups -OCH3 is 2. The zero-order chi connectivity index (χ0) is 15.6. The number of hydrogen-bond donors (Lipinski definition) is 1. The van der Waals surface area contributed by atoms with Crippen LogP contribution in [0.5, 0.6) is 11.5 Å². The average molecular weight is 291 g/mol. The standard InChI is InChI=1S/C16H25N3O2/c1-6-11(2)19-15(17)18-10-16(19,3)13-8-7-12(20-4)9-14(13)21-5/h7-9,11H,6,10H2,1-5H3,(H2,17,18). The van der Waals surface area contributed by atoms with Gasteiger partial charge in [-0.3, -0.25) is 4.99 Å². The minimum absolute atomic E-state index is 0.295. The van der Waals surface area contributed by atoms with Crippen molar-refractivity contribution in [1.82, 2.24) is 4.90 Å². The minimum atomic E-state index is -0.295. The van der Waals surface area contributed by atoms with Crippen molar-refractivity contribution in [2.75, 3.05) is 20.8 Å². The van der Waals surface area contributed by atoms with Crippen molar-refractivity contribution in [3.8, 4) is 11.5 Å². The number of nitrogens with two attached hydrogens (primary N) is 1. The molecule has 0 saturated heterocycles. The topological polar surface area (TPSA) is 60.1 Å². The van der Waals surface area contributed by atoms with Crippen molar-refractivity contribution in [2.24, 2.45) is 10.7 Å². The molecule has 2 N–H and O–H groups in total. The molecule has 116 valence electrons. The van der Waals surface area contributed by atoms with Crippen LogP contribution in [0.3, 0.4) is 0 Å². The van der Waals surface area contributed by atoms with E-state index >= 15 is 0 Å². The summed E-state index contributed by atoms with van der Waals surface area (Å²) in [6.07, 6.45) is 1.00. The fourth-order valence-electron chi connectivity index (χ4n) is 2.99. The van der Waals surface area contributed by atoms with Crippen LogP contribution < -0.4 is 15.2 Å². The van der Waals surface area contributed by atoms with Gasteiger partial charge in [0.25, 0.3) is 0 Å². The molecule has 0 aliphatic carbocycles. The molecule has 2 atom stereocenters. The minimum Gasteiger partial charge on any atom is -0.497 e. The van der Waals surface area contributed by atoms with Gasteiger partial charge in [-0.25, -0.2) is 0 Å². The van der Waals surface area contributed by atoms with Crippen LogP contribution in [0.4, 0.5) is 0 Å². The van der Waals surface area contributed by atoms with Crippen molar-refractivity contribution in [3.63, 3.8) is 0 Å². The molecular formula is C16H25N3O2. The van der Waals surface area contributed by atoms with E-state index in [1.807, 2.05) is 18.2 Å². The third-order valence-electron chi connectivity index (χ3n) is 4.35. The highest BCUT2D eigenvalue weighted by atomic mass is 16.5. The summed E-state index contributed by atoms with van der Waals surface area (Å²) in [5, 5.41) is 0. The lowest BCUT2D eigenvalue weighted by Gasteiger charge is -2.41. The van der Waals surface area contributed by atoms with Crippen LogP contribution in [-0.2, 0) is 5.54 Å². The molecule has 2 rings (SSSR count). The van der Waals surface area contributed by atoms with Crippen LogP contribution >= 0.6 is 0 Å². The lowest BCUT2D eigenvalue weighted by atomic mass is 9.88. The van der Waals surface area contributed by atoms with E-state index in [-0.39, 0.29) is 5.54 Å². The van der Waals surface area contributed by atoms with Gasteiger partial charge in [0, 0.05) is 17.7 Å². The Bertz CT molecular complexity index is 544. The van der Waals surface area contributed by atoms with Gasteiger partial charge in [0.1, 0.15) is 11.5 Å².